The highest BCUT2D eigenvalue weighted by Crippen LogP contribution is 2.30. The summed E-state index contributed by atoms with van der Waals surface area (Å²) in [5.74, 6) is -0.410. The van der Waals surface area contributed by atoms with Crippen molar-refractivity contribution in [2.45, 2.75) is 25.8 Å². The topological polar surface area (TPSA) is 81.7 Å². The molecule has 0 aliphatic carbocycles. The maximum atomic E-state index is 12.6. The van der Waals surface area contributed by atoms with E-state index in [-0.39, 0.29) is 29.5 Å². The number of piperidine rings is 1. The molecular weight excluding hydrogens is 413 g/mol. The minimum atomic E-state index is -0.368. The Labute approximate surface area is 179 Å². The molecule has 2 amide bonds. The van der Waals surface area contributed by atoms with Crippen LogP contribution in [0.25, 0.3) is 0 Å². The minimum absolute atomic E-state index is 0.0447. The van der Waals surface area contributed by atoms with Crippen LogP contribution in [-0.4, -0.2) is 41.0 Å². The van der Waals surface area contributed by atoms with Gasteiger partial charge in [-0.1, -0.05) is 41.4 Å². The van der Waals surface area contributed by atoms with E-state index in [9.17, 15) is 14.7 Å². The second-order valence-corrected chi connectivity index (χ2v) is 7.87. The van der Waals surface area contributed by atoms with Crippen LogP contribution >= 0.6 is 23.2 Å². The van der Waals surface area contributed by atoms with Gasteiger partial charge < -0.3 is 15.7 Å². The van der Waals surface area contributed by atoms with Crippen molar-refractivity contribution in [2.24, 2.45) is 5.92 Å². The molecule has 2 aromatic rings. The molecule has 8 heteroatoms. The number of likely N-dealkylation sites (tertiary alicyclic amines) is 1. The number of hydrogen-bond donors (Lipinski definition) is 3. The third kappa shape index (κ3) is 5.21. The van der Waals surface area contributed by atoms with Crippen LogP contribution < -0.4 is 10.6 Å². The van der Waals surface area contributed by atoms with Gasteiger partial charge >= 0.3 is 0 Å². The van der Waals surface area contributed by atoms with Gasteiger partial charge in [0.25, 0.3) is 0 Å². The maximum Gasteiger partial charge on any atom is 0.241 e. The predicted octanol–water partition coefficient (Wildman–Crippen LogP) is 4.38. The Balaban J connectivity index is 1.53. The molecule has 1 heterocycles. The van der Waals surface area contributed by atoms with Crippen LogP contribution in [-0.2, 0) is 9.59 Å². The molecule has 1 saturated heterocycles. The van der Waals surface area contributed by atoms with Gasteiger partial charge in [-0.3, -0.25) is 14.5 Å². The molecule has 1 atom stereocenters. The van der Waals surface area contributed by atoms with Gasteiger partial charge in [0.1, 0.15) is 5.75 Å². The fourth-order valence-electron chi connectivity index (χ4n) is 3.37. The van der Waals surface area contributed by atoms with Crippen molar-refractivity contribution in [3.63, 3.8) is 0 Å². The van der Waals surface area contributed by atoms with Crippen molar-refractivity contribution < 1.29 is 14.7 Å². The quantitative estimate of drug-likeness (QED) is 0.608. The number of aromatic hydroxyl groups is 1. The zero-order valence-electron chi connectivity index (χ0n) is 16.0. The first-order chi connectivity index (χ1) is 13.9. The summed E-state index contributed by atoms with van der Waals surface area (Å²) >= 11 is 12.1. The Morgan fingerprint density at radius 1 is 1.03 bits per heavy atom. The van der Waals surface area contributed by atoms with Crippen molar-refractivity contribution in [1.29, 1.82) is 0 Å². The highest BCUT2D eigenvalue weighted by atomic mass is 35.5. The fourth-order valence-corrected chi connectivity index (χ4v) is 3.71. The molecule has 6 nitrogen and oxygen atoms in total. The molecule has 1 aliphatic rings. The third-order valence-electron chi connectivity index (χ3n) is 5.20. The van der Waals surface area contributed by atoms with Crippen LogP contribution in [0.2, 0.25) is 10.0 Å². The Morgan fingerprint density at radius 2 is 1.69 bits per heavy atom. The average Bonchev–Trinajstić information content (AvgIpc) is 2.72. The van der Waals surface area contributed by atoms with Crippen LogP contribution in [0.1, 0.15) is 19.8 Å². The number of anilines is 2. The van der Waals surface area contributed by atoms with Gasteiger partial charge in [0.05, 0.1) is 27.5 Å². The van der Waals surface area contributed by atoms with Gasteiger partial charge in [0.15, 0.2) is 0 Å². The fraction of sp³-hybridized carbons (Fsp3) is 0.333. The van der Waals surface area contributed by atoms with Crippen LogP contribution in [0.5, 0.6) is 5.75 Å². The zero-order chi connectivity index (χ0) is 21.0. The molecule has 154 valence electrons. The molecule has 1 aliphatic heterocycles. The van der Waals surface area contributed by atoms with E-state index in [1.165, 1.54) is 6.07 Å². The Hall–Kier alpha value is -2.28. The number of nitrogens with zero attached hydrogens (tertiary/aromatic N) is 1. The number of carbonyl (C=O) groups is 2. The van der Waals surface area contributed by atoms with Crippen LogP contribution in [0.15, 0.2) is 42.5 Å². The number of hydrogen-bond acceptors (Lipinski definition) is 4. The van der Waals surface area contributed by atoms with Crippen molar-refractivity contribution >= 4 is 46.4 Å². The number of nitrogens with one attached hydrogen (secondary N) is 2. The van der Waals surface area contributed by atoms with Crippen molar-refractivity contribution in [2.75, 3.05) is 23.7 Å². The van der Waals surface area contributed by atoms with E-state index in [2.05, 4.69) is 10.6 Å². The number of benzene rings is 2. The standard InChI is InChI=1S/C21H23Cl2N3O3/c1-13(20(28)25-17-7-4-5-15(22)19(17)23)26-11-9-14(10-12-26)21(29)24-16-6-2-3-8-18(16)27/h2-8,13-14,27H,9-12H2,1H3,(H,24,29)(H,25,28). The molecule has 0 bridgehead atoms. The normalized spacial score (nSPS) is 16.2. The van der Waals surface area contributed by atoms with Gasteiger partial charge in [-0.05, 0) is 57.1 Å². The molecule has 3 N–H and O–H groups in total. The lowest BCUT2D eigenvalue weighted by atomic mass is 9.94. The molecular formula is C21H23Cl2N3O3. The smallest absolute Gasteiger partial charge is 0.241 e. The first kappa shape index (κ1) is 21.4. The van der Waals surface area contributed by atoms with E-state index in [0.717, 1.165) is 0 Å². The summed E-state index contributed by atoms with van der Waals surface area (Å²) in [6.07, 6.45) is 1.27. The van der Waals surface area contributed by atoms with Crippen LogP contribution in [0.4, 0.5) is 11.4 Å². The highest BCUT2D eigenvalue weighted by Gasteiger charge is 2.30. The number of phenols is 1. The Kier molecular flexibility index (Phi) is 7.00. The molecule has 1 fully saturated rings. The summed E-state index contributed by atoms with van der Waals surface area (Å²) in [7, 11) is 0. The summed E-state index contributed by atoms with van der Waals surface area (Å²) in [6.45, 7) is 3.07. The number of para-hydroxylation sites is 2. The van der Waals surface area contributed by atoms with Crippen molar-refractivity contribution in [3.05, 3.63) is 52.5 Å². The van der Waals surface area contributed by atoms with Gasteiger partial charge in [-0.25, -0.2) is 0 Å². The van der Waals surface area contributed by atoms with E-state index >= 15 is 0 Å². The summed E-state index contributed by atoms with van der Waals surface area (Å²) in [5.41, 5.74) is 0.888. The van der Waals surface area contributed by atoms with E-state index in [1.54, 1.807) is 36.4 Å². The first-order valence-corrected chi connectivity index (χ1v) is 10.2. The molecule has 0 aromatic heterocycles. The van der Waals surface area contributed by atoms with E-state index in [4.69, 9.17) is 23.2 Å². The van der Waals surface area contributed by atoms with Crippen LogP contribution in [0.3, 0.4) is 0 Å². The van der Waals surface area contributed by atoms with Gasteiger partial charge in [-0.2, -0.15) is 0 Å². The second kappa shape index (κ2) is 9.48. The average molecular weight is 436 g/mol. The van der Waals surface area contributed by atoms with Crippen LogP contribution in [0, 0.1) is 5.92 Å². The second-order valence-electron chi connectivity index (χ2n) is 7.08. The molecule has 0 radical (unpaired) electrons. The van der Waals surface area contributed by atoms with E-state index < -0.39 is 0 Å². The van der Waals surface area contributed by atoms with Gasteiger partial charge in [-0.15, -0.1) is 0 Å². The summed E-state index contributed by atoms with van der Waals surface area (Å²) in [6, 6.07) is 11.4. The predicted molar refractivity (Wildman–Crippen MR) is 116 cm³/mol. The maximum absolute atomic E-state index is 12.6. The monoisotopic (exact) mass is 435 g/mol. The third-order valence-corrected chi connectivity index (χ3v) is 6.02. The molecule has 2 aromatic carbocycles. The minimum Gasteiger partial charge on any atom is -0.506 e. The van der Waals surface area contributed by atoms with Crippen molar-refractivity contribution in [1.82, 2.24) is 4.90 Å². The molecule has 3 rings (SSSR count). The van der Waals surface area contributed by atoms with Crippen molar-refractivity contribution in [3.8, 4) is 5.75 Å². The number of phenolic OH excluding ortho intramolecular Hbond substituents is 1. The molecule has 0 saturated carbocycles. The number of rotatable bonds is 5. The summed E-state index contributed by atoms with van der Waals surface area (Å²) in [5, 5.41) is 16.1. The highest BCUT2D eigenvalue weighted by molar-refractivity contribution is 6.44. The number of carbonyl (C=O) groups excluding carboxylic acids is 2. The lowest BCUT2D eigenvalue weighted by Crippen LogP contribution is -2.47. The Morgan fingerprint density at radius 3 is 2.38 bits per heavy atom. The lowest BCUT2D eigenvalue weighted by molar-refractivity contribution is -0.123. The lowest BCUT2D eigenvalue weighted by Gasteiger charge is -2.34. The molecule has 29 heavy (non-hydrogen) atoms. The van der Waals surface area contributed by atoms with E-state index in [0.29, 0.717) is 47.4 Å². The number of halogens is 2. The van der Waals surface area contributed by atoms with Gasteiger partial charge in [0.2, 0.25) is 11.8 Å². The first-order valence-electron chi connectivity index (χ1n) is 9.44. The summed E-state index contributed by atoms with van der Waals surface area (Å²) in [4.78, 5) is 27.1. The molecule has 0 spiro atoms. The van der Waals surface area contributed by atoms with E-state index in [1.807, 2.05) is 11.8 Å². The zero-order valence-corrected chi connectivity index (χ0v) is 17.5. The largest absolute Gasteiger partial charge is 0.506 e. The van der Waals surface area contributed by atoms with Gasteiger partial charge in [0, 0.05) is 5.92 Å². The SMILES string of the molecule is CC(C(=O)Nc1cccc(Cl)c1Cl)N1CCC(C(=O)Nc2ccccc2O)CC1. The Bertz CT molecular complexity index is 898. The summed E-state index contributed by atoms with van der Waals surface area (Å²) < 4.78 is 0. The number of amides is 2. The molecule has 1 unspecified atom stereocenters.